The fraction of sp³-hybridized carbons (Fsp3) is 0.968. The number of piperazine rings is 2. The molecule has 6 fully saturated rings. The van der Waals surface area contributed by atoms with Crippen molar-refractivity contribution in [2.75, 3.05) is 66.5 Å². The predicted octanol–water partition coefficient (Wildman–Crippen LogP) is 2.92. The van der Waals surface area contributed by atoms with Crippen LogP contribution < -0.4 is 0 Å². The number of hydrogen-bond acceptors (Lipinski definition) is 7. The van der Waals surface area contributed by atoms with Crippen molar-refractivity contribution in [3.63, 3.8) is 0 Å². The maximum Gasteiger partial charge on any atom is 0.302 e. The summed E-state index contributed by atoms with van der Waals surface area (Å²) in [6.45, 7) is 15.2. The molecule has 0 unspecified atom stereocenters. The number of nitrogens with zero attached hydrogens (tertiary/aromatic N) is 4. The number of aliphatic hydroxyl groups is 1. The van der Waals surface area contributed by atoms with E-state index in [4.69, 9.17) is 4.74 Å². The van der Waals surface area contributed by atoms with E-state index in [0.29, 0.717) is 23.8 Å². The lowest BCUT2D eigenvalue weighted by Gasteiger charge is -2.67. The number of rotatable bonds is 3. The Hall–Kier alpha value is -0.730. The molecular weight excluding hydrogens is 476 g/mol. The molecular formula is C31H54N4O3. The summed E-state index contributed by atoms with van der Waals surface area (Å²) in [4.78, 5) is 22.7. The van der Waals surface area contributed by atoms with E-state index in [-0.39, 0.29) is 28.9 Å². The van der Waals surface area contributed by atoms with Gasteiger partial charge in [0.2, 0.25) is 0 Å². The third-order valence-corrected chi connectivity index (χ3v) is 13.0. The minimum absolute atomic E-state index is 0.0172. The number of carbonyl (C=O) groups excluding carboxylic acids is 1. The van der Waals surface area contributed by atoms with Gasteiger partial charge in [0.05, 0.1) is 5.60 Å². The summed E-state index contributed by atoms with van der Waals surface area (Å²) in [6, 6.07) is 0.573. The van der Waals surface area contributed by atoms with Gasteiger partial charge in [-0.1, -0.05) is 26.7 Å². The quantitative estimate of drug-likeness (QED) is 0.563. The van der Waals surface area contributed by atoms with Crippen LogP contribution in [0.25, 0.3) is 0 Å². The maximum atomic E-state index is 12.7. The van der Waals surface area contributed by atoms with Crippen LogP contribution in [0.15, 0.2) is 0 Å². The Morgan fingerprint density at radius 2 is 1.42 bits per heavy atom. The molecule has 9 atom stereocenters. The van der Waals surface area contributed by atoms with Gasteiger partial charge in [0, 0.05) is 82.2 Å². The van der Waals surface area contributed by atoms with Crippen molar-refractivity contribution in [2.45, 2.75) is 95.9 Å². The summed E-state index contributed by atoms with van der Waals surface area (Å²) < 4.78 is 6.30. The van der Waals surface area contributed by atoms with E-state index < -0.39 is 5.60 Å². The van der Waals surface area contributed by atoms with E-state index in [9.17, 15) is 9.90 Å². The van der Waals surface area contributed by atoms with E-state index >= 15 is 0 Å². The Balaban J connectivity index is 1.35. The van der Waals surface area contributed by atoms with Crippen LogP contribution >= 0.6 is 0 Å². The third-order valence-electron chi connectivity index (χ3n) is 13.0. The van der Waals surface area contributed by atoms with Crippen molar-refractivity contribution in [1.29, 1.82) is 0 Å². The molecule has 216 valence electrons. The van der Waals surface area contributed by atoms with Gasteiger partial charge in [0.25, 0.3) is 0 Å². The molecule has 2 saturated heterocycles. The first-order valence-electron chi connectivity index (χ1n) is 15.8. The average Bonchev–Trinajstić information content (AvgIpc) is 3.17. The van der Waals surface area contributed by atoms with Gasteiger partial charge in [0.15, 0.2) is 0 Å². The predicted molar refractivity (Wildman–Crippen MR) is 150 cm³/mol. The highest BCUT2D eigenvalue weighted by molar-refractivity contribution is 5.66. The summed E-state index contributed by atoms with van der Waals surface area (Å²) in [5, 5.41) is 12.7. The van der Waals surface area contributed by atoms with Crippen LogP contribution in [0.2, 0.25) is 0 Å². The molecule has 0 amide bonds. The lowest BCUT2D eigenvalue weighted by molar-refractivity contribution is -0.242. The Kier molecular flexibility index (Phi) is 7.20. The van der Waals surface area contributed by atoms with Crippen LogP contribution in [0, 0.1) is 28.6 Å². The summed E-state index contributed by atoms with van der Waals surface area (Å²) in [5.41, 5.74) is -0.582. The van der Waals surface area contributed by atoms with E-state index in [0.717, 1.165) is 90.9 Å². The first kappa shape index (κ1) is 27.4. The first-order chi connectivity index (χ1) is 18.1. The molecule has 7 heteroatoms. The van der Waals surface area contributed by atoms with Gasteiger partial charge in [-0.05, 0) is 70.4 Å². The minimum atomic E-state index is -0.583. The molecule has 0 aromatic rings. The van der Waals surface area contributed by atoms with Crippen LogP contribution in [0.5, 0.6) is 0 Å². The minimum Gasteiger partial charge on any atom is -0.460 e. The molecule has 4 saturated carbocycles. The second-order valence-electron chi connectivity index (χ2n) is 14.7. The molecule has 0 aromatic carbocycles. The molecule has 6 rings (SSSR count). The summed E-state index contributed by atoms with van der Waals surface area (Å²) in [6.07, 6.45) is 9.06. The van der Waals surface area contributed by atoms with E-state index in [1.54, 1.807) is 6.92 Å². The number of ether oxygens (including phenoxy) is 1. The largest absolute Gasteiger partial charge is 0.460 e. The Morgan fingerprint density at radius 3 is 2.05 bits per heavy atom. The fourth-order valence-electron chi connectivity index (χ4n) is 10.7. The molecule has 0 aromatic heterocycles. The van der Waals surface area contributed by atoms with Crippen LogP contribution in [0.4, 0.5) is 0 Å². The van der Waals surface area contributed by atoms with Crippen molar-refractivity contribution in [1.82, 2.24) is 19.6 Å². The zero-order chi connectivity index (χ0) is 26.9. The maximum absolute atomic E-state index is 12.7. The van der Waals surface area contributed by atoms with Gasteiger partial charge in [-0.15, -0.1) is 0 Å². The highest BCUT2D eigenvalue weighted by atomic mass is 16.5. The highest BCUT2D eigenvalue weighted by Gasteiger charge is 2.69. The zero-order valence-electron chi connectivity index (χ0n) is 24.8. The van der Waals surface area contributed by atoms with Crippen molar-refractivity contribution >= 4 is 5.97 Å². The van der Waals surface area contributed by atoms with Gasteiger partial charge < -0.3 is 19.6 Å². The van der Waals surface area contributed by atoms with Gasteiger partial charge in [-0.25, -0.2) is 0 Å². The highest BCUT2D eigenvalue weighted by Crippen LogP contribution is 2.68. The molecule has 4 aliphatic carbocycles. The number of esters is 1. The molecule has 0 bridgehead atoms. The second-order valence-corrected chi connectivity index (χ2v) is 14.7. The molecule has 0 radical (unpaired) electrons. The van der Waals surface area contributed by atoms with Crippen molar-refractivity contribution in [3.05, 3.63) is 0 Å². The zero-order valence-corrected chi connectivity index (χ0v) is 24.8. The molecule has 2 aliphatic heterocycles. The van der Waals surface area contributed by atoms with Crippen molar-refractivity contribution in [3.8, 4) is 0 Å². The topological polar surface area (TPSA) is 59.5 Å². The van der Waals surface area contributed by atoms with Gasteiger partial charge in [-0.2, -0.15) is 0 Å². The van der Waals surface area contributed by atoms with E-state index in [1.165, 1.54) is 12.8 Å². The molecule has 1 N–H and O–H groups in total. The van der Waals surface area contributed by atoms with Crippen molar-refractivity contribution in [2.24, 2.45) is 28.6 Å². The Morgan fingerprint density at radius 1 is 0.816 bits per heavy atom. The summed E-state index contributed by atoms with van der Waals surface area (Å²) >= 11 is 0. The van der Waals surface area contributed by atoms with Crippen LogP contribution in [-0.4, -0.2) is 121 Å². The van der Waals surface area contributed by atoms with Crippen LogP contribution in [-0.2, 0) is 9.53 Å². The van der Waals surface area contributed by atoms with Crippen LogP contribution in [0.3, 0.4) is 0 Å². The monoisotopic (exact) mass is 530 g/mol. The lowest BCUT2D eigenvalue weighted by atomic mass is 9.42. The van der Waals surface area contributed by atoms with E-state index in [2.05, 4.69) is 47.5 Å². The number of carbonyl (C=O) groups is 1. The average molecular weight is 531 g/mol. The molecule has 2 heterocycles. The fourth-order valence-corrected chi connectivity index (χ4v) is 10.7. The standard InChI is InChI=1S/C31H54N4O3/c1-22(36)38-28-26(34-16-12-32(4)13-17-34)21-25-23-20-27(35-18-14-33(5)15-19-35)31(37)10-7-6-9-30(31,3)24(23)8-11-29(25,28)2/h23-28,37H,6-21H2,1-5H3/t23-,24+,25+,26+,27-,28+,29+,30-,31+/m1/s1. The summed E-state index contributed by atoms with van der Waals surface area (Å²) in [5.74, 6) is 1.59. The number of likely N-dealkylation sites (N-methyl/N-ethyl adjacent to an activating group) is 2. The van der Waals surface area contributed by atoms with E-state index in [1.807, 2.05) is 0 Å². The number of hydrogen-bond donors (Lipinski definition) is 1. The first-order valence-corrected chi connectivity index (χ1v) is 15.8. The van der Waals surface area contributed by atoms with Crippen LogP contribution in [0.1, 0.15) is 72.1 Å². The molecule has 0 spiro atoms. The van der Waals surface area contributed by atoms with Gasteiger partial charge >= 0.3 is 5.97 Å². The lowest BCUT2D eigenvalue weighted by Crippen LogP contribution is -2.71. The Bertz CT molecular complexity index is 886. The smallest absolute Gasteiger partial charge is 0.302 e. The SMILES string of the molecule is CC(=O)O[C@H]1[C@@H](N2CCN(C)CC2)C[C@H]2[C@@H]3C[C@@H](N4CCN(C)CC4)[C@@]4(O)CCCC[C@]4(C)[C@H]3CC[C@@]21C. The molecule has 7 nitrogen and oxygen atoms in total. The van der Waals surface area contributed by atoms with Crippen molar-refractivity contribution < 1.29 is 14.6 Å². The second kappa shape index (κ2) is 9.97. The molecule has 38 heavy (non-hydrogen) atoms. The normalized spacial score (nSPS) is 49.2. The Labute approximate surface area is 231 Å². The number of fused-ring (bicyclic) bond motifs is 5. The third kappa shape index (κ3) is 4.20. The summed E-state index contributed by atoms with van der Waals surface area (Å²) in [7, 11) is 4.44. The van der Waals surface area contributed by atoms with Gasteiger partial charge in [0.1, 0.15) is 6.10 Å². The molecule has 6 aliphatic rings. The van der Waals surface area contributed by atoms with Gasteiger partial charge in [-0.3, -0.25) is 14.6 Å².